The van der Waals surface area contributed by atoms with Crippen molar-refractivity contribution in [3.63, 3.8) is 0 Å². The Morgan fingerprint density at radius 2 is 1.91 bits per heavy atom. The normalized spacial score (nSPS) is 18.4. The lowest BCUT2D eigenvalue weighted by Gasteiger charge is -2.23. The molecule has 1 amide bonds. The summed E-state index contributed by atoms with van der Waals surface area (Å²) >= 11 is 2.71. The van der Waals surface area contributed by atoms with Crippen molar-refractivity contribution in [3.05, 3.63) is 107 Å². The maximum atomic E-state index is 13.8. The van der Waals surface area contributed by atoms with E-state index in [9.17, 15) is 14.7 Å². The van der Waals surface area contributed by atoms with Crippen molar-refractivity contribution in [2.75, 3.05) is 18.1 Å². The number of carbonyl (C=O) groups is 2. The number of fused-ring (bicyclic) bond motifs is 1. The van der Waals surface area contributed by atoms with E-state index in [1.807, 2.05) is 20.8 Å². The Bertz CT molecular complexity index is 1830. The van der Waals surface area contributed by atoms with Crippen LogP contribution in [0.5, 0.6) is 17.2 Å². The number of ketones is 1. The Kier molecular flexibility index (Phi) is 9.14. The molecular weight excluding hydrogens is 623 g/mol. The first-order chi connectivity index (χ1) is 22.3. The molecule has 2 aliphatic rings. The first-order valence-corrected chi connectivity index (χ1v) is 16.7. The highest BCUT2D eigenvalue weighted by Gasteiger charge is 2.48. The van der Waals surface area contributed by atoms with Gasteiger partial charge >= 0.3 is 5.91 Å². The summed E-state index contributed by atoms with van der Waals surface area (Å²) in [6.07, 6.45) is 2.31. The van der Waals surface area contributed by atoms with Crippen LogP contribution < -0.4 is 19.1 Å². The lowest BCUT2D eigenvalue weighted by atomic mass is 9.94. The van der Waals surface area contributed by atoms with E-state index in [-0.39, 0.29) is 29.2 Å². The lowest BCUT2D eigenvalue weighted by Crippen LogP contribution is -2.29. The Labute approximate surface area is 275 Å². The molecule has 3 heterocycles. The third-order valence-electron chi connectivity index (χ3n) is 7.64. The van der Waals surface area contributed by atoms with E-state index in [0.717, 1.165) is 16.9 Å². The van der Waals surface area contributed by atoms with Crippen LogP contribution in [0.4, 0.5) is 5.13 Å². The van der Waals surface area contributed by atoms with Crippen LogP contribution in [-0.2, 0) is 21.8 Å². The van der Waals surface area contributed by atoms with Crippen LogP contribution in [0.1, 0.15) is 47.7 Å². The fourth-order valence-electron chi connectivity index (χ4n) is 5.49. The van der Waals surface area contributed by atoms with Crippen LogP contribution in [0.15, 0.2) is 83.2 Å². The van der Waals surface area contributed by atoms with E-state index in [4.69, 9.17) is 14.2 Å². The second-order valence-electron chi connectivity index (χ2n) is 11.0. The Balaban J connectivity index is 1.42. The number of nitrogens with zero attached hydrogens (tertiary/aromatic N) is 3. The van der Waals surface area contributed by atoms with Crippen molar-refractivity contribution in [1.29, 1.82) is 0 Å². The summed E-state index contributed by atoms with van der Waals surface area (Å²) in [4.78, 5) is 28.9. The van der Waals surface area contributed by atoms with E-state index in [0.29, 0.717) is 45.7 Å². The molecule has 3 aromatic carbocycles. The summed E-state index contributed by atoms with van der Waals surface area (Å²) in [5.41, 5.74) is 4.13. The van der Waals surface area contributed by atoms with Crippen molar-refractivity contribution in [2.45, 2.75) is 49.4 Å². The average molecular weight is 656 g/mol. The highest BCUT2D eigenvalue weighted by Crippen LogP contribution is 2.46. The maximum Gasteiger partial charge on any atom is 0.301 e. The van der Waals surface area contributed by atoms with E-state index >= 15 is 0 Å². The number of hydrogen-bond acceptors (Lipinski definition) is 10. The SMILES string of the molecule is C=CCOc1ccc([C@@H]2C(=C(O)c3ccc4c(c3)C[C@H](C)O4)C(=O)C(=O)N2c2nnc(SCc3ccc(C)cc3)s2)cc1OCC. The number of aliphatic hydroxyl groups excluding tert-OH is 1. The number of ether oxygens (including phenoxy) is 3. The molecule has 0 saturated carbocycles. The van der Waals surface area contributed by atoms with Crippen molar-refractivity contribution in [2.24, 2.45) is 0 Å². The molecule has 1 saturated heterocycles. The van der Waals surface area contributed by atoms with E-state index in [1.54, 1.807) is 42.5 Å². The minimum atomic E-state index is -1.00. The molecule has 0 spiro atoms. The Morgan fingerprint density at radius 1 is 1.11 bits per heavy atom. The topological polar surface area (TPSA) is 111 Å². The maximum absolute atomic E-state index is 13.8. The standard InChI is InChI=1S/C35H33N3O6S2/c1-5-15-43-27-14-11-23(18-28(27)42-6-2)30-29(31(39)24-12-13-26-25(17-24)16-21(4)44-26)32(40)33(41)38(30)34-36-37-35(46-34)45-19-22-9-7-20(3)8-10-22/h5,7-14,17-18,21,30,39H,1,6,15-16,19H2,2-4H3/t21-,30+/m0/s1. The van der Waals surface area contributed by atoms with E-state index in [2.05, 4.69) is 41.0 Å². The molecule has 11 heteroatoms. The fourth-order valence-corrected chi connectivity index (χ4v) is 7.31. The van der Waals surface area contributed by atoms with Crippen LogP contribution in [0.2, 0.25) is 0 Å². The molecule has 6 rings (SSSR count). The molecule has 236 valence electrons. The Hall–Kier alpha value is -4.61. The van der Waals surface area contributed by atoms with Crippen LogP contribution in [0.25, 0.3) is 5.76 Å². The predicted molar refractivity (Wildman–Crippen MR) is 179 cm³/mol. The third kappa shape index (κ3) is 6.25. The molecule has 1 aromatic heterocycles. The van der Waals surface area contributed by atoms with Gasteiger partial charge in [0, 0.05) is 17.7 Å². The molecule has 2 aliphatic heterocycles. The molecule has 46 heavy (non-hydrogen) atoms. The number of carbonyl (C=O) groups excluding carboxylic acids is 2. The van der Waals surface area contributed by atoms with Crippen molar-refractivity contribution >= 4 is 45.7 Å². The highest BCUT2D eigenvalue weighted by molar-refractivity contribution is 8.00. The van der Waals surface area contributed by atoms with Gasteiger partial charge in [0.2, 0.25) is 5.13 Å². The van der Waals surface area contributed by atoms with Crippen LogP contribution >= 0.6 is 23.1 Å². The number of rotatable bonds is 11. The van der Waals surface area contributed by atoms with Crippen LogP contribution in [0, 0.1) is 6.92 Å². The third-order valence-corrected chi connectivity index (χ3v) is 9.77. The number of amides is 1. The number of aliphatic hydroxyl groups is 1. The summed E-state index contributed by atoms with van der Waals surface area (Å²) < 4.78 is 18.1. The Morgan fingerprint density at radius 3 is 2.67 bits per heavy atom. The van der Waals surface area contributed by atoms with Crippen molar-refractivity contribution < 1.29 is 28.9 Å². The molecule has 0 aliphatic carbocycles. The number of aryl methyl sites for hydroxylation is 1. The van der Waals surface area contributed by atoms with Gasteiger partial charge in [0.05, 0.1) is 18.2 Å². The number of aromatic nitrogens is 2. The van der Waals surface area contributed by atoms with Gasteiger partial charge in [-0.3, -0.25) is 14.5 Å². The summed E-state index contributed by atoms with van der Waals surface area (Å²) in [6.45, 7) is 10.2. The minimum Gasteiger partial charge on any atom is -0.507 e. The van der Waals surface area contributed by atoms with Gasteiger partial charge in [-0.25, -0.2) is 0 Å². The predicted octanol–water partition coefficient (Wildman–Crippen LogP) is 7.05. The zero-order valence-corrected chi connectivity index (χ0v) is 27.3. The first kappa shape index (κ1) is 31.4. The number of anilines is 1. The molecule has 0 unspecified atom stereocenters. The van der Waals surface area contributed by atoms with Crippen molar-refractivity contribution in [3.8, 4) is 17.2 Å². The molecule has 4 aromatic rings. The fraction of sp³-hybridized carbons (Fsp3) is 0.257. The van der Waals surface area contributed by atoms with Gasteiger partial charge in [0.15, 0.2) is 15.8 Å². The summed E-state index contributed by atoms with van der Waals surface area (Å²) in [7, 11) is 0. The smallest absolute Gasteiger partial charge is 0.301 e. The summed E-state index contributed by atoms with van der Waals surface area (Å²) in [5, 5.41) is 20.6. The number of Topliss-reactive ketones (excluding diaryl/α,β-unsaturated/α-hetero) is 1. The number of hydrogen-bond donors (Lipinski definition) is 1. The van der Waals surface area contributed by atoms with E-state index in [1.165, 1.54) is 33.6 Å². The molecule has 0 bridgehead atoms. The molecule has 9 nitrogen and oxygen atoms in total. The molecule has 2 atom stereocenters. The van der Waals surface area contributed by atoms with Crippen LogP contribution in [-0.4, -0.2) is 46.3 Å². The van der Waals surface area contributed by atoms with Gasteiger partial charge in [-0.2, -0.15) is 0 Å². The van der Waals surface area contributed by atoms with E-state index < -0.39 is 17.7 Å². The molecule has 0 radical (unpaired) electrons. The summed E-state index contributed by atoms with van der Waals surface area (Å²) in [5.74, 6) is 0.423. The minimum absolute atomic E-state index is 0.00672. The average Bonchev–Trinajstić information content (AvgIpc) is 3.74. The molecule has 1 fully saturated rings. The van der Waals surface area contributed by atoms with Gasteiger partial charge in [-0.1, -0.05) is 71.6 Å². The summed E-state index contributed by atoms with van der Waals surface area (Å²) in [6, 6.07) is 17.7. The largest absolute Gasteiger partial charge is 0.507 e. The first-order valence-electron chi connectivity index (χ1n) is 14.9. The second-order valence-corrected chi connectivity index (χ2v) is 13.2. The lowest BCUT2D eigenvalue weighted by molar-refractivity contribution is -0.132. The van der Waals surface area contributed by atoms with Crippen LogP contribution in [0.3, 0.4) is 0 Å². The van der Waals surface area contributed by atoms with Gasteiger partial charge in [-0.05, 0) is 67.8 Å². The highest BCUT2D eigenvalue weighted by atomic mass is 32.2. The van der Waals surface area contributed by atoms with Gasteiger partial charge in [-0.15, -0.1) is 10.2 Å². The van der Waals surface area contributed by atoms with Gasteiger partial charge in [0.25, 0.3) is 5.78 Å². The molecular formula is C35H33N3O6S2. The quantitative estimate of drug-likeness (QED) is 0.0454. The second kappa shape index (κ2) is 13.4. The van der Waals surface area contributed by atoms with Gasteiger partial charge in [0.1, 0.15) is 24.2 Å². The van der Waals surface area contributed by atoms with Gasteiger partial charge < -0.3 is 19.3 Å². The zero-order valence-electron chi connectivity index (χ0n) is 25.7. The number of benzene rings is 3. The number of thioether (sulfide) groups is 1. The monoisotopic (exact) mass is 655 g/mol. The zero-order chi connectivity index (χ0) is 32.4. The van der Waals surface area contributed by atoms with Crippen molar-refractivity contribution in [1.82, 2.24) is 10.2 Å². The molecule has 1 N–H and O–H groups in total.